The summed E-state index contributed by atoms with van der Waals surface area (Å²) in [6.07, 6.45) is 2.41. The van der Waals surface area contributed by atoms with Crippen molar-refractivity contribution in [1.29, 1.82) is 0 Å². The van der Waals surface area contributed by atoms with Crippen LogP contribution >= 0.6 is 11.3 Å². The van der Waals surface area contributed by atoms with Crippen LogP contribution in [0.1, 0.15) is 28.2 Å². The van der Waals surface area contributed by atoms with Gasteiger partial charge in [0.25, 0.3) is 0 Å². The molecule has 0 spiro atoms. The van der Waals surface area contributed by atoms with Gasteiger partial charge in [-0.2, -0.15) is 0 Å². The second-order valence-corrected chi connectivity index (χ2v) is 7.08. The minimum Gasteiger partial charge on any atom is -0.384 e. The zero-order valence-electron chi connectivity index (χ0n) is 12.3. The van der Waals surface area contributed by atoms with Gasteiger partial charge in [0.05, 0.1) is 6.61 Å². The molecule has 19 heavy (non-hydrogen) atoms. The molecule has 1 saturated heterocycles. The van der Waals surface area contributed by atoms with Gasteiger partial charge in [-0.1, -0.05) is 0 Å². The van der Waals surface area contributed by atoms with Crippen LogP contribution < -0.4 is 10.6 Å². The van der Waals surface area contributed by atoms with Crippen molar-refractivity contribution in [3.8, 4) is 0 Å². The highest BCUT2D eigenvalue weighted by atomic mass is 32.1. The number of rotatable bonds is 6. The Morgan fingerprint density at radius 1 is 1.37 bits per heavy atom. The van der Waals surface area contributed by atoms with Crippen LogP contribution in [0.15, 0.2) is 6.07 Å². The SMILES string of the molecule is COCC1(CNCc2cc(C)c(C)s2)CCNCC1. The maximum Gasteiger partial charge on any atom is 0.0531 e. The lowest BCUT2D eigenvalue weighted by Crippen LogP contribution is -2.45. The minimum atomic E-state index is 0.321. The third kappa shape index (κ3) is 4.02. The Morgan fingerprint density at radius 2 is 2.11 bits per heavy atom. The Morgan fingerprint density at radius 3 is 2.68 bits per heavy atom. The lowest BCUT2D eigenvalue weighted by atomic mass is 9.79. The Hall–Kier alpha value is -0.420. The van der Waals surface area contributed by atoms with Gasteiger partial charge in [0.1, 0.15) is 0 Å². The molecule has 2 heterocycles. The van der Waals surface area contributed by atoms with E-state index in [0.29, 0.717) is 5.41 Å². The van der Waals surface area contributed by atoms with Gasteiger partial charge in [-0.05, 0) is 51.4 Å². The highest BCUT2D eigenvalue weighted by Crippen LogP contribution is 2.28. The number of piperidine rings is 1. The number of methoxy groups -OCH3 is 1. The van der Waals surface area contributed by atoms with Crippen LogP contribution in [0.5, 0.6) is 0 Å². The molecule has 1 fully saturated rings. The lowest BCUT2D eigenvalue weighted by Gasteiger charge is -2.37. The van der Waals surface area contributed by atoms with Crippen molar-refractivity contribution in [3.05, 3.63) is 21.4 Å². The fourth-order valence-electron chi connectivity index (χ4n) is 2.82. The van der Waals surface area contributed by atoms with E-state index >= 15 is 0 Å². The molecular weight excluding hydrogens is 256 g/mol. The second-order valence-electron chi connectivity index (χ2n) is 5.74. The van der Waals surface area contributed by atoms with Gasteiger partial charge in [0, 0.05) is 35.4 Å². The first-order valence-electron chi connectivity index (χ1n) is 7.11. The van der Waals surface area contributed by atoms with Crippen molar-refractivity contribution in [2.24, 2.45) is 5.41 Å². The summed E-state index contributed by atoms with van der Waals surface area (Å²) in [4.78, 5) is 2.88. The van der Waals surface area contributed by atoms with Gasteiger partial charge in [-0.3, -0.25) is 0 Å². The molecule has 0 aliphatic carbocycles. The van der Waals surface area contributed by atoms with Gasteiger partial charge >= 0.3 is 0 Å². The number of thiophene rings is 1. The quantitative estimate of drug-likeness (QED) is 0.841. The fourth-order valence-corrected chi connectivity index (χ4v) is 3.85. The number of hydrogen-bond donors (Lipinski definition) is 2. The fraction of sp³-hybridized carbons (Fsp3) is 0.733. The van der Waals surface area contributed by atoms with Crippen molar-refractivity contribution < 1.29 is 4.74 Å². The molecule has 108 valence electrons. The third-order valence-electron chi connectivity index (χ3n) is 4.13. The van der Waals surface area contributed by atoms with Gasteiger partial charge in [-0.15, -0.1) is 11.3 Å². The number of aryl methyl sites for hydroxylation is 2. The van der Waals surface area contributed by atoms with Crippen molar-refractivity contribution in [3.63, 3.8) is 0 Å². The van der Waals surface area contributed by atoms with E-state index in [1.54, 1.807) is 0 Å². The molecule has 1 aromatic rings. The molecule has 0 amide bonds. The van der Waals surface area contributed by atoms with Gasteiger partial charge in [0.2, 0.25) is 0 Å². The van der Waals surface area contributed by atoms with E-state index in [1.165, 1.54) is 28.2 Å². The van der Waals surface area contributed by atoms with E-state index in [0.717, 1.165) is 32.8 Å². The third-order valence-corrected chi connectivity index (χ3v) is 5.28. The first-order chi connectivity index (χ1) is 9.15. The van der Waals surface area contributed by atoms with E-state index in [1.807, 2.05) is 18.4 Å². The zero-order valence-corrected chi connectivity index (χ0v) is 13.2. The molecule has 1 aliphatic heterocycles. The van der Waals surface area contributed by atoms with Gasteiger partial charge in [-0.25, -0.2) is 0 Å². The number of hydrogen-bond acceptors (Lipinski definition) is 4. The summed E-state index contributed by atoms with van der Waals surface area (Å²) < 4.78 is 5.45. The lowest BCUT2D eigenvalue weighted by molar-refractivity contribution is 0.0535. The molecule has 1 aliphatic rings. The molecule has 0 radical (unpaired) electrons. The molecule has 1 aromatic heterocycles. The Balaban J connectivity index is 1.85. The summed E-state index contributed by atoms with van der Waals surface area (Å²) in [5.41, 5.74) is 1.73. The average Bonchev–Trinajstić information content (AvgIpc) is 2.70. The monoisotopic (exact) mass is 282 g/mol. The largest absolute Gasteiger partial charge is 0.384 e. The van der Waals surface area contributed by atoms with Crippen LogP contribution in [0.3, 0.4) is 0 Å². The van der Waals surface area contributed by atoms with E-state index in [9.17, 15) is 0 Å². The molecular formula is C15H26N2OS. The van der Waals surface area contributed by atoms with Crippen molar-refractivity contribution in [1.82, 2.24) is 10.6 Å². The molecule has 2 rings (SSSR count). The van der Waals surface area contributed by atoms with Crippen LogP contribution in [-0.2, 0) is 11.3 Å². The van der Waals surface area contributed by atoms with Crippen molar-refractivity contribution in [2.75, 3.05) is 33.4 Å². The smallest absolute Gasteiger partial charge is 0.0531 e. The first-order valence-corrected chi connectivity index (χ1v) is 7.93. The van der Waals surface area contributed by atoms with Crippen molar-refractivity contribution >= 4 is 11.3 Å². The maximum absolute atomic E-state index is 5.45. The standard InChI is InChI=1S/C15H26N2OS/c1-12-8-14(19-13(12)2)9-17-10-15(11-18-3)4-6-16-7-5-15/h8,16-17H,4-7,9-11H2,1-3H3. The summed E-state index contributed by atoms with van der Waals surface area (Å²) in [7, 11) is 1.82. The Labute approximate surface area is 120 Å². The summed E-state index contributed by atoms with van der Waals surface area (Å²) in [5, 5.41) is 7.08. The zero-order chi connectivity index (χ0) is 13.7. The minimum absolute atomic E-state index is 0.321. The van der Waals surface area contributed by atoms with Crippen LogP contribution in [0.2, 0.25) is 0 Å². The van der Waals surface area contributed by atoms with Gasteiger partial charge in [0.15, 0.2) is 0 Å². The van der Waals surface area contributed by atoms with E-state index in [2.05, 4.69) is 30.5 Å². The van der Waals surface area contributed by atoms with Crippen LogP contribution in [0.4, 0.5) is 0 Å². The summed E-state index contributed by atoms with van der Waals surface area (Å²) in [6, 6.07) is 2.30. The highest BCUT2D eigenvalue weighted by Gasteiger charge is 2.31. The van der Waals surface area contributed by atoms with E-state index in [-0.39, 0.29) is 0 Å². The van der Waals surface area contributed by atoms with Crippen molar-refractivity contribution in [2.45, 2.75) is 33.2 Å². The average molecular weight is 282 g/mol. The topological polar surface area (TPSA) is 33.3 Å². The van der Waals surface area contributed by atoms with Crippen LogP contribution in [0, 0.1) is 19.3 Å². The summed E-state index contributed by atoms with van der Waals surface area (Å²) in [5.74, 6) is 0. The van der Waals surface area contributed by atoms with E-state index < -0.39 is 0 Å². The highest BCUT2D eigenvalue weighted by molar-refractivity contribution is 7.12. The summed E-state index contributed by atoms with van der Waals surface area (Å²) in [6.45, 7) is 9.52. The molecule has 4 heteroatoms. The Kier molecular flexibility index (Phi) is 5.39. The number of ether oxygens (including phenoxy) is 1. The second kappa shape index (κ2) is 6.84. The first kappa shape index (κ1) is 15.0. The predicted molar refractivity (Wildman–Crippen MR) is 81.9 cm³/mol. The molecule has 2 N–H and O–H groups in total. The molecule has 0 unspecified atom stereocenters. The number of nitrogens with one attached hydrogen (secondary N) is 2. The summed E-state index contributed by atoms with van der Waals surface area (Å²) >= 11 is 1.91. The molecule has 0 saturated carbocycles. The van der Waals surface area contributed by atoms with Crippen LogP contribution in [0.25, 0.3) is 0 Å². The maximum atomic E-state index is 5.45. The van der Waals surface area contributed by atoms with Gasteiger partial charge < -0.3 is 15.4 Å². The molecule has 0 aromatic carbocycles. The van der Waals surface area contributed by atoms with E-state index in [4.69, 9.17) is 4.74 Å². The molecule has 0 atom stereocenters. The molecule has 0 bridgehead atoms. The molecule has 3 nitrogen and oxygen atoms in total. The predicted octanol–water partition coefficient (Wildman–Crippen LogP) is 2.47. The Bertz CT molecular complexity index is 372. The normalized spacial score (nSPS) is 18.7. The van der Waals surface area contributed by atoms with Crippen LogP contribution in [-0.4, -0.2) is 33.4 Å².